The van der Waals surface area contributed by atoms with Gasteiger partial charge in [0, 0.05) is 42.6 Å². The van der Waals surface area contributed by atoms with Gasteiger partial charge in [0.2, 0.25) is 5.91 Å². The Labute approximate surface area is 122 Å². The third kappa shape index (κ3) is 2.95. The Bertz CT molecular complexity index is 659. The van der Waals surface area contributed by atoms with Gasteiger partial charge in [-0.2, -0.15) is 0 Å². The maximum absolute atomic E-state index is 12.1. The van der Waals surface area contributed by atoms with Crippen LogP contribution in [0.25, 0.3) is 11.0 Å². The van der Waals surface area contributed by atoms with Crippen LogP contribution in [0.15, 0.2) is 24.5 Å². The molecule has 3 heterocycles. The molecule has 0 aliphatic carbocycles. The fourth-order valence-electron chi connectivity index (χ4n) is 2.63. The zero-order chi connectivity index (χ0) is 14.7. The van der Waals surface area contributed by atoms with Crippen LogP contribution in [0.4, 0.5) is 0 Å². The summed E-state index contributed by atoms with van der Waals surface area (Å²) in [5.74, 6) is -0.0677. The standard InChI is InChI=1S/C15H17N3O3/c19-10-11-8-18(15-13(11)2-1-5-16-15)9-14(20)17-12-3-6-21-7-4-12/h1-2,5,8,10,12H,3-4,6-7,9H2,(H,17,20). The van der Waals surface area contributed by atoms with Gasteiger partial charge in [0.25, 0.3) is 0 Å². The first-order chi connectivity index (χ1) is 10.3. The second-order valence-electron chi connectivity index (χ2n) is 5.16. The summed E-state index contributed by atoms with van der Waals surface area (Å²) in [6, 6.07) is 3.78. The van der Waals surface area contributed by atoms with E-state index in [9.17, 15) is 9.59 Å². The second kappa shape index (κ2) is 6.05. The van der Waals surface area contributed by atoms with Crippen molar-refractivity contribution < 1.29 is 14.3 Å². The number of nitrogens with zero attached hydrogens (tertiary/aromatic N) is 2. The van der Waals surface area contributed by atoms with E-state index in [4.69, 9.17) is 4.74 Å². The van der Waals surface area contributed by atoms with Crippen molar-refractivity contribution in [1.82, 2.24) is 14.9 Å². The number of ether oxygens (including phenoxy) is 1. The molecule has 1 saturated heterocycles. The third-order valence-corrected chi connectivity index (χ3v) is 3.69. The lowest BCUT2D eigenvalue weighted by atomic mass is 10.1. The molecule has 6 heteroatoms. The van der Waals surface area contributed by atoms with Gasteiger partial charge in [0.1, 0.15) is 12.2 Å². The summed E-state index contributed by atoms with van der Waals surface area (Å²) in [6.07, 6.45) is 5.81. The molecule has 21 heavy (non-hydrogen) atoms. The first kappa shape index (κ1) is 13.8. The summed E-state index contributed by atoms with van der Waals surface area (Å²) in [5.41, 5.74) is 1.21. The number of hydrogen-bond acceptors (Lipinski definition) is 4. The van der Waals surface area contributed by atoms with Gasteiger partial charge < -0.3 is 14.6 Å². The number of carbonyl (C=O) groups is 2. The lowest BCUT2D eigenvalue weighted by Crippen LogP contribution is -2.40. The molecular formula is C15H17N3O3. The first-order valence-electron chi connectivity index (χ1n) is 7.04. The van der Waals surface area contributed by atoms with Crippen LogP contribution in [0, 0.1) is 0 Å². The number of hydrogen-bond donors (Lipinski definition) is 1. The topological polar surface area (TPSA) is 73.2 Å². The van der Waals surface area contributed by atoms with Crippen molar-refractivity contribution in [3.63, 3.8) is 0 Å². The van der Waals surface area contributed by atoms with E-state index in [0.717, 1.165) is 24.5 Å². The molecule has 110 valence electrons. The van der Waals surface area contributed by atoms with Gasteiger partial charge in [0.15, 0.2) is 6.29 Å². The largest absolute Gasteiger partial charge is 0.381 e. The summed E-state index contributed by atoms with van der Waals surface area (Å²) < 4.78 is 6.99. The van der Waals surface area contributed by atoms with Gasteiger partial charge in [-0.25, -0.2) is 4.98 Å². The SMILES string of the molecule is O=Cc1cn(CC(=O)NC2CCOCC2)c2ncccc12. The Morgan fingerprint density at radius 2 is 2.29 bits per heavy atom. The maximum Gasteiger partial charge on any atom is 0.240 e. The van der Waals surface area contributed by atoms with E-state index in [2.05, 4.69) is 10.3 Å². The predicted molar refractivity (Wildman–Crippen MR) is 77.1 cm³/mol. The van der Waals surface area contributed by atoms with Crippen LogP contribution >= 0.6 is 0 Å². The molecule has 0 bridgehead atoms. The average Bonchev–Trinajstić information content (AvgIpc) is 2.86. The van der Waals surface area contributed by atoms with Crippen molar-refractivity contribution in [3.05, 3.63) is 30.1 Å². The molecule has 2 aromatic rings. The van der Waals surface area contributed by atoms with E-state index >= 15 is 0 Å². The molecule has 0 saturated carbocycles. The Balaban J connectivity index is 1.75. The summed E-state index contributed by atoms with van der Waals surface area (Å²) in [4.78, 5) is 27.5. The maximum atomic E-state index is 12.1. The summed E-state index contributed by atoms with van der Waals surface area (Å²) in [6.45, 7) is 1.54. The van der Waals surface area contributed by atoms with Gasteiger partial charge in [-0.15, -0.1) is 0 Å². The minimum absolute atomic E-state index is 0.0677. The lowest BCUT2D eigenvalue weighted by Gasteiger charge is -2.23. The molecule has 1 aliphatic heterocycles. The highest BCUT2D eigenvalue weighted by Crippen LogP contribution is 2.17. The van der Waals surface area contributed by atoms with E-state index in [1.807, 2.05) is 6.07 Å². The molecule has 0 radical (unpaired) electrons. The summed E-state index contributed by atoms with van der Waals surface area (Å²) >= 11 is 0. The summed E-state index contributed by atoms with van der Waals surface area (Å²) in [5, 5.41) is 3.77. The number of pyridine rings is 1. The number of nitrogens with one attached hydrogen (secondary N) is 1. The smallest absolute Gasteiger partial charge is 0.240 e. The number of aromatic nitrogens is 2. The molecule has 1 fully saturated rings. The molecule has 1 aliphatic rings. The van der Waals surface area contributed by atoms with Crippen LogP contribution < -0.4 is 5.32 Å². The molecular weight excluding hydrogens is 270 g/mol. The Morgan fingerprint density at radius 1 is 1.48 bits per heavy atom. The van der Waals surface area contributed by atoms with Gasteiger partial charge in [0.05, 0.1) is 0 Å². The zero-order valence-corrected chi connectivity index (χ0v) is 11.6. The molecule has 6 nitrogen and oxygen atoms in total. The summed E-state index contributed by atoms with van der Waals surface area (Å²) in [7, 11) is 0. The number of aldehydes is 1. The first-order valence-corrected chi connectivity index (χ1v) is 7.04. The second-order valence-corrected chi connectivity index (χ2v) is 5.16. The Hall–Kier alpha value is -2.21. The highest BCUT2D eigenvalue weighted by molar-refractivity contribution is 5.96. The molecule has 1 N–H and O–H groups in total. The normalized spacial score (nSPS) is 16.0. The van der Waals surface area contributed by atoms with Crippen molar-refractivity contribution in [2.45, 2.75) is 25.4 Å². The van der Waals surface area contributed by atoms with Crippen LogP contribution in [0.2, 0.25) is 0 Å². The van der Waals surface area contributed by atoms with E-state index < -0.39 is 0 Å². The fraction of sp³-hybridized carbons (Fsp3) is 0.400. The van der Waals surface area contributed by atoms with Crippen LogP contribution in [-0.4, -0.2) is 41.0 Å². The number of carbonyl (C=O) groups excluding carboxylic acids is 2. The van der Waals surface area contributed by atoms with Crippen LogP contribution in [-0.2, 0) is 16.1 Å². The lowest BCUT2D eigenvalue weighted by molar-refractivity contribution is -0.122. The minimum atomic E-state index is -0.0677. The monoisotopic (exact) mass is 287 g/mol. The van der Waals surface area contributed by atoms with E-state index in [-0.39, 0.29) is 18.5 Å². The van der Waals surface area contributed by atoms with E-state index in [1.54, 1.807) is 23.0 Å². The van der Waals surface area contributed by atoms with Crippen molar-refractivity contribution in [1.29, 1.82) is 0 Å². The van der Waals surface area contributed by atoms with Gasteiger partial charge in [-0.05, 0) is 25.0 Å². The molecule has 0 spiro atoms. The van der Waals surface area contributed by atoms with Gasteiger partial charge >= 0.3 is 0 Å². The van der Waals surface area contributed by atoms with Crippen LogP contribution in [0.3, 0.4) is 0 Å². The highest BCUT2D eigenvalue weighted by Gasteiger charge is 2.17. The van der Waals surface area contributed by atoms with Gasteiger partial charge in [-0.1, -0.05) is 0 Å². The number of fused-ring (bicyclic) bond motifs is 1. The van der Waals surface area contributed by atoms with Crippen molar-refractivity contribution in [3.8, 4) is 0 Å². The van der Waals surface area contributed by atoms with Gasteiger partial charge in [-0.3, -0.25) is 9.59 Å². The van der Waals surface area contributed by atoms with E-state index in [1.165, 1.54) is 0 Å². The zero-order valence-electron chi connectivity index (χ0n) is 11.6. The van der Waals surface area contributed by atoms with Crippen molar-refractivity contribution in [2.24, 2.45) is 0 Å². The van der Waals surface area contributed by atoms with E-state index in [0.29, 0.717) is 24.4 Å². The number of amides is 1. The quantitative estimate of drug-likeness (QED) is 0.856. The molecule has 0 aromatic carbocycles. The molecule has 2 aromatic heterocycles. The molecule has 1 amide bonds. The highest BCUT2D eigenvalue weighted by atomic mass is 16.5. The molecule has 0 unspecified atom stereocenters. The Kier molecular flexibility index (Phi) is 3.96. The predicted octanol–water partition coefficient (Wildman–Crippen LogP) is 1.14. The Morgan fingerprint density at radius 3 is 3.05 bits per heavy atom. The third-order valence-electron chi connectivity index (χ3n) is 3.69. The average molecular weight is 287 g/mol. The van der Waals surface area contributed by atoms with Crippen molar-refractivity contribution in [2.75, 3.05) is 13.2 Å². The van der Waals surface area contributed by atoms with Crippen LogP contribution in [0.1, 0.15) is 23.2 Å². The number of rotatable bonds is 4. The minimum Gasteiger partial charge on any atom is -0.381 e. The van der Waals surface area contributed by atoms with Crippen molar-refractivity contribution >= 4 is 23.2 Å². The van der Waals surface area contributed by atoms with Crippen LogP contribution in [0.5, 0.6) is 0 Å². The fourth-order valence-corrected chi connectivity index (χ4v) is 2.63. The molecule has 3 rings (SSSR count). The molecule has 0 atom stereocenters.